The van der Waals surface area contributed by atoms with E-state index in [2.05, 4.69) is 44.0 Å². The number of sulfonamides is 1. The van der Waals surface area contributed by atoms with E-state index in [-0.39, 0.29) is 34.7 Å². The van der Waals surface area contributed by atoms with Crippen molar-refractivity contribution in [1.29, 1.82) is 0 Å². The van der Waals surface area contributed by atoms with Gasteiger partial charge in [0.15, 0.2) is 10.0 Å². The van der Waals surface area contributed by atoms with Crippen molar-refractivity contribution in [2.24, 2.45) is 0 Å². The van der Waals surface area contributed by atoms with E-state index in [0.29, 0.717) is 30.1 Å². The van der Waals surface area contributed by atoms with Crippen LogP contribution in [0.2, 0.25) is 0 Å². The van der Waals surface area contributed by atoms with Crippen molar-refractivity contribution in [2.75, 3.05) is 24.6 Å². The second-order valence-corrected chi connectivity index (χ2v) is 12.2. The van der Waals surface area contributed by atoms with Crippen LogP contribution in [0.3, 0.4) is 0 Å². The third kappa shape index (κ3) is 4.42. The zero-order chi connectivity index (χ0) is 25.1. The average molecular weight is 528 g/mol. The first-order valence-corrected chi connectivity index (χ1v) is 13.6. The highest BCUT2D eigenvalue weighted by molar-refractivity contribution is 7.89. The van der Waals surface area contributed by atoms with Crippen molar-refractivity contribution < 1.29 is 21.9 Å². The fraction of sp³-hybridized carbons (Fsp3) is 0.571. The fourth-order valence-electron chi connectivity index (χ4n) is 4.53. The van der Waals surface area contributed by atoms with Gasteiger partial charge in [0.2, 0.25) is 10.0 Å². The molecule has 14 heteroatoms. The number of piperazine rings is 1. The largest absolute Gasteiger partial charge is 0.374 e. The number of nitrogens with zero attached hydrogens (tertiary/aromatic N) is 5. The molecular weight excluding hydrogens is 500 g/mol. The van der Waals surface area contributed by atoms with Crippen LogP contribution in [0, 0.1) is 0 Å². The van der Waals surface area contributed by atoms with Crippen molar-refractivity contribution in [3.05, 3.63) is 23.5 Å². The molecule has 2 aliphatic heterocycles. The molecule has 10 nitrogen and oxygen atoms in total. The maximum absolute atomic E-state index is 13.5. The molecule has 3 aromatic rings. The van der Waals surface area contributed by atoms with Crippen LogP contribution in [0.25, 0.3) is 16.2 Å². The van der Waals surface area contributed by atoms with Gasteiger partial charge < -0.3 is 15.0 Å². The van der Waals surface area contributed by atoms with Gasteiger partial charge in [-0.25, -0.2) is 26.9 Å². The molecule has 0 aromatic carbocycles. The average Bonchev–Trinajstić information content (AvgIpc) is 3.43. The van der Waals surface area contributed by atoms with Gasteiger partial charge in [0, 0.05) is 25.2 Å². The molecule has 4 atom stereocenters. The summed E-state index contributed by atoms with van der Waals surface area (Å²) >= 11 is 0.739. The number of anilines is 1. The highest BCUT2D eigenvalue weighted by Gasteiger charge is 2.44. The van der Waals surface area contributed by atoms with E-state index < -0.39 is 27.0 Å². The molecule has 2 N–H and O–H groups in total. The summed E-state index contributed by atoms with van der Waals surface area (Å²) < 4.78 is 63.2. The molecule has 0 spiro atoms. The predicted octanol–water partition coefficient (Wildman–Crippen LogP) is 2.43. The number of nitrogens with one attached hydrogen (secondary N) is 2. The lowest BCUT2D eigenvalue weighted by atomic mass is 9.93. The van der Waals surface area contributed by atoms with Crippen molar-refractivity contribution in [3.8, 4) is 10.7 Å². The van der Waals surface area contributed by atoms with Crippen LogP contribution < -0.4 is 14.9 Å². The van der Waals surface area contributed by atoms with Crippen molar-refractivity contribution >= 4 is 32.7 Å². The van der Waals surface area contributed by atoms with Crippen LogP contribution in [0.15, 0.2) is 23.4 Å². The van der Waals surface area contributed by atoms with Gasteiger partial charge in [0.25, 0.3) is 6.43 Å². The monoisotopic (exact) mass is 527 g/mol. The highest BCUT2D eigenvalue weighted by Crippen LogP contribution is 2.35. The van der Waals surface area contributed by atoms with Crippen LogP contribution in [-0.2, 0) is 14.8 Å². The Hall–Kier alpha value is -2.26. The molecule has 2 unspecified atom stereocenters. The Morgan fingerprint density at radius 2 is 1.94 bits per heavy atom. The van der Waals surface area contributed by atoms with Crippen LogP contribution in [0.5, 0.6) is 0 Å². The molecule has 5 heterocycles. The number of hydrogen-bond donors (Lipinski definition) is 2. The Bertz CT molecular complexity index is 1350. The number of rotatable bonds is 6. The molecule has 35 heavy (non-hydrogen) atoms. The number of imidazole rings is 1. The second kappa shape index (κ2) is 8.69. The van der Waals surface area contributed by atoms with E-state index in [1.807, 2.05) is 6.92 Å². The first kappa shape index (κ1) is 24.4. The van der Waals surface area contributed by atoms with Crippen molar-refractivity contribution in [1.82, 2.24) is 29.6 Å². The van der Waals surface area contributed by atoms with E-state index in [9.17, 15) is 17.2 Å². The topological polar surface area (TPSA) is 114 Å². The molecule has 0 amide bonds. The molecule has 0 aliphatic carbocycles. The second-order valence-electron chi connectivity index (χ2n) is 9.49. The molecule has 2 fully saturated rings. The zero-order valence-corrected chi connectivity index (χ0v) is 21.3. The van der Waals surface area contributed by atoms with Gasteiger partial charge in [0.1, 0.15) is 17.8 Å². The lowest BCUT2D eigenvalue weighted by Gasteiger charge is -2.45. The molecule has 0 saturated carbocycles. The third-order valence-corrected chi connectivity index (χ3v) is 9.05. The van der Waals surface area contributed by atoms with E-state index in [1.54, 1.807) is 23.7 Å². The summed E-state index contributed by atoms with van der Waals surface area (Å²) in [6.07, 6.45) is -1.45. The summed E-state index contributed by atoms with van der Waals surface area (Å²) in [4.78, 5) is 6.57. The maximum Gasteiger partial charge on any atom is 0.291 e. The number of halogens is 2. The summed E-state index contributed by atoms with van der Waals surface area (Å²) in [7, 11) is -3.94. The number of alkyl halides is 2. The minimum Gasteiger partial charge on any atom is -0.374 e. The molecule has 0 bridgehead atoms. The van der Waals surface area contributed by atoms with E-state index in [4.69, 9.17) is 4.74 Å². The van der Waals surface area contributed by atoms with Gasteiger partial charge in [-0.2, -0.15) is 0 Å². The summed E-state index contributed by atoms with van der Waals surface area (Å²) in [5.74, 6) is 0.642. The van der Waals surface area contributed by atoms with Gasteiger partial charge in [-0.15, -0.1) is 10.2 Å². The number of hydrogen-bond acceptors (Lipinski definition) is 9. The van der Waals surface area contributed by atoms with Crippen LogP contribution in [-0.4, -0.2) is 71.4 Å². The molecule has 5 rings (SSSR count). The smallest absolute Gasteiger partial charge is 0.291 e. The van der Waals surface area contributed by atoms with Crippen LogP contribution in [0.4, 0.5) is 14.6 Å². The van der Waals surface area contributed by atoms with Crippen molar-refractivity contribution in [3.63, 3.8) is 0 Å². The van der Waals surface area contributed by atoms with Crippen molar-refractivity contribution in [2.45, 2.75) is 62.7 Å². The standard InChI is InChI=1S/C21H27F2N7O3S2/c1-11-7-29(8-12(2)25-11)16-6-14(35(31,32)28-21(4)9-33-13(21)3)5-15-17(24-10-30(15)16)19-26-27-20(34-19)18(22)23/h5-6,10-13,18,25,28H,7-9H2,1-4H3/t11-,12-,13?,21?/m0/s1. The molecule has 2 saturated heterocycles. The van der Waals surface area contributed by atoms with Crippen LogP contribution >= 0.6 is 11.3 Å². The number of aromatic nitrogens is 4. The predicted molar refractivity (Wildman–Crippen MR) is 127 cm³/mol. The van der Waals surface area contributed by atoms with Gasteiger partial charge in [-0.1, -0.05) is 11.3 Å². The van der Waals surface area contributed by atoms with Gasteiger partial charge in [-0.3, -0.25) is 4.40 Å². The summed E-state index contributed by atoms with van der Waals surface area (Å²) in [5, 5.41) is 10.7. The molecule has 3 aromatic heterocycles. The highest BCUT2D eigenvalue weighted by atomic mass is 32.2. The van der Waals surface area contributed by atoms with E-state index in [1.165, 1.54) is 6.07 Å². The number of ether oxygens (including phenoxy) is 1. The SMILES string of the molecule is CC1OCC1(C)NS(=O)(=O)c1cc(N2C[C@H](C)N[C@@H](C)C2)n2cnc(-c3nnc(C(F)F)s3)c2c1. The first-order chi connectivity index (χ1) is 16.5. The Morgan fingerprint density at radius 3 is 2.51 bits per heavy atom. The zero-order valence-electron chi connectivity index (χ0n) is 19.7. The first-order valence-electron chi connectivity index (χ1n) is 11.3. The minimum absolute atomic E-state index is 0.0551. The lowest BCUT2D eigenvalue weighted by Crippen LogP contribution is -2.65. The van der Waals surface area contributed by atoms with Crippen LogP contribution in [0.1, 0.15) is 39.1 Å². The molecule has 190 valence electrons. The van der Waals surface area contributed by atoms with E-state index in [0.717, 1.165) is 11.3 Å². The quantitative estimate of drug-likeness (QED) is 0.503. The van der Waals surface area contributed by atoms with Gasteiger partial charge in [-0.05, 0) is 39.8 Å². The third-order valence-electron chi connectivity index (χ3n) is 6.52. The summed E-state index contributed by atoms with van der Waals surface area (Å²) in [6, 6.07) is 3.49. The van der Waals surface area contributed by atoms with Gasteiger partial charge in [0.05, 0.1) is 28.7 Å². The fourth-order valence-corrected chi connectivity index (χ4v) is 6.71. The Labute approximate surface area is 205 Å². The number of pyridine rings is 1. The van der Waals surface area contributed by atoms with E-state index >= 15 is 0 Å². The minimum atomic E-state index is -3.94. The maximum atomic E-state index is 13.5. The Balaban J connectivity index is 1.65. The summed E-state index contributed by atoms with van der Waals surface area (Å²) in [5.41, 5.74) is 0.0229. The molecule has 0 radical (unpaired) electrons. The molecular formula is C21H27F2N7O3S2. The molecule has 2 aliphatic rings. The lowest BCUT2D eigenvalue weighted by molar-refractivity contribution is -0.120. The Morgan fingerprint density at radius 1 is 1.23 bits per heavy atom. The normalized spacial score (nSPS) is 27.5. The number of fused-ring (bicyclic) bond motifs is 1. The Kier molecular flexibility index (Phi) is 6.07. The van der Waals surface area contributed by atoms with Gasteiger partial charge >= 0.3 is 0 Å². The summed E-state index contributed by atoms with van der Waals surface area (Å²) in [6.45, 7) is 9.32.